The molecular weight excluding hydrogens is 479 g/mol. The summed E-state index contributed by atoms with van der Waals surface area (Å²) in [6.07, 6.45) is 1.26. The SMILES string of the molecule is CCOC(=O)[C@@H]1CCCN1C(=O)c1ccc(C(=O)N[C@@H](C)c2nc3cc(Cl)ccc3[nH]2)cc1Cl. The monoisotopic (exact) mass is 502 g/mol. The molecule has 2 amide bonds. The van der Waals surface area contributed by atoms with Gasteiger partial charge in [-0.25, -0.2) is 9.78 Å². The number of ether oxygens (including phenoxy) is 1. The van der Waals surface area contributed by atoms with Crippen molar-refractivity contribution >= 4 is 52.0 Å². The van der Waals surface area contributed by atoms with Crippen LogP contribution in [0.25, 0.3) is 11.0 Å². The van der Waals surface area contributed by atoms with Gasteiger partial charge in [0.1, 0.15) is 11.9 Å². The normalized spacial score (nSPS) is 16.5. The zero-order valence-electron chi connectivity index (χ0n) is 18.7. The second kappa shape index (κ2) is 10.0. The van der Waals surface area contributed by atoms with Gasteiger partial charge in [0.2, 0.25) is 0 Å². The lowest BCUT2D eigenvalue weighted by Crippen LogP contribution is -2.41. The third-order valence-electron chi connectivity index (χ3n) is 5.76. The molecule has 1 aliphatic heterocycles. The molecule has 34 heavy (non-hydrogen) atoms. The van der Waals surface area contributed by atoms with Crippen LogP contribution in [0.15, 0.2) is 36.4 Å². The summed E-state index contributed by atoms with van der Waals surface area (Å²) in [6, 6.07) is 8.79. The average Bonchev–Trinajstić information content (AvgIpc) is 3.45. The van der Waals surface area contributed by atoms with Crippen LogP contribution in [0, 0.1) is 0 Å². The molecule has 0 unspecified atom stereocenters. The predicted molar refractivity (Wildman–Crippen MR) is 129 cm³/mol. The van der Waals surface area contributed by atoms with E-state index in [0.29, 0.717) is 41.3 Å². The fourth-order valence-corrected chi connectivity index (χ4v) is 4.46. The van der Waals surface area contributed by atoms with Gasteiger partial charge in [0.25, 0.3) is 11.8 Å². The number of likely N-dealkylation sites (tertiary alicyclic amines) is 1. The summed E-state index contributed by atoms with van der Waals surface area (Å²) in [5.41, 5.74) is 2.06. The molecule has 8 nitrogen and oxygen atoms in total. The van der Waals surface area contributed by atoms with Crippen LogP contribution >= 0.6 is 23.2 Å². The van der Waals surface area contributed by atoms with E-state index >= 15 is 0 Å². The van der Waals surface area contributed by atoms with Gasteiger partial charge in [-0.3, -0.25) is 9.59 Å². The molecule has 2 aromatic carbocycles. The molecule has 1 aromatic heterocycles. The molecule has 2 heterocycles. The second-order valence-electron chi connectivity index (χ2n) is 8.08. The third-order valence-corrected chi connectivity index (χ3v) is 6.30. The number of fused-ring (bicyclic) bond motifs is 1. The van der Waals surface area contributed by atoms with E-state index < -0.39 is 18.1 Å². The number of nitrogens with zero attached hydrogens (tertiary/aromatic N) is 2. The molecule has 10 heteroatoms. The van der Waals surface area contributed by atoms with Crippen molar-refractivity contribution in [3.63, 3.8) is 0 Å². The summed E-state index contributed by atoms with van der Waals surface area (Å²) in [5.74, 6) is -0.552. The number of H-pyrrole nitrogens is 1. The Morgan fingerprint density at radius 1 is 1.24 bits per heavy atom. The van der Waals surface area contributed by atoms with Gasteiger partial charge in [-0.2, -0.15) is 0 Å². The van der Waals surface area contributed by atoms with Gasteiger partial charge in [-0.05, 0) is 63.1 Å². The maximum atomic E-state index is 13.1. The Balaban J connectivity index is 1.47. The Morgan fingerprint density at radius 3 is 2.76 bits per heavy atom. The summed E-state index contributed by atoms with van der Waals surface area (Å²) < 4.78 is 5.09. The van der Waals surface area contributed by atoms with Gasteiger partial charge in [0, 0.05) is 17.1 Å². The fraction of sp³-hybridized carbons (Fsp3) is 0.333. The molecule has 0 saturated carbocycles. The van der Waals surface area contributed by atoms with Crippen molar-refractivity contribution in [2.45, 2.75) is 38.8 Å². The zero-order chi connectivity index (χ0) is 24.4. The van der Waals surface area contributed by atoms with E-state index in [1.54, 1.807) is 26.0 Å². The highest BCUT2D eigenvalue weighted by Gasteiger charge is 2.36. The number of hydrogen-bond donors (Lipinski definition) is 2. The number of nitrogens with one attached hydrogen (secondary N) is 2. The van der Waals surface area contributed by atoms with E-state index in [9.17, 15) is 14.4 Å². The standard InChI is InChI=1S/C24H24Cl2N4O4/c1-3-34-24(33)20-5-4-10-30(20)23(32)16-8-6-14(11-17(16)26)22(31)27-13(2)21-28-18-9-7-15(25)12-19(18)29-21/h6-9,11-13,20H,3-5,10H2,1-2H3,(H,27,31)(H,28,29)/t13-,20-/m0/s1. The van der Waals surface area contributed by atoms with Crippen molar-refractivity contribution in [3.05, 3.63) is 63.4 Å². The molecule has 2 atom stereocenters. The largest absolute Gasteiger partial charge is 0.464 e. The number of carbonyl (C=O) groups excluding carboxylic acids is 3. The highest BCUT2D eigenvalue weighted by Crippen LogP contribution is 2.26. The predicted octanol–water partition coefficient (Wildman–Crippen LogP) is 4.53. The fourth-order valence-electron chi connectivity index (χ4n) is 4.03. The number of halogens is 2. The molecule has 1 aliphatic rings. The van der Waals surface area contributed by atoms with E-state index in [0.717, 1.165) is 5.52 Å². The van der Waals surface area contributed by atoms with Gasteiger partial charge in [0.05, 0.1) is 34.3 Å². The number of esters is 1. The molecule has 0 bridgehead atoms. The maximum Gasteiger partial charge on any atom is 0.328 e. The molecule has 0 radical (unpaired) electrons. The smallest absolute Gasteiger partial charge is 0.328 e. The van der Waals surface area contributed by atoms with Crippen LogP contribution < -0.4 is 5.32 Å². The van der Waals surface area contributed by atoms with Crippen LogP contribution in [0.3, 0.4) is 0 Å². The van der Waals surface area contributed by atoms with Crippen LogP contribution in [0.4, 0.5) is 0 Å². The first-order valence-corrected chi connectivity index (χ1v) is 11.8. The molecule has 1 fully saturated rings. The van der Waals surface area contributed by atoms with Gasteiger partial charge in [-0.15, -0.1) is 0 Å². The van der Waals surface area contributed by atoms with Crippen LogP contribution in [-0.4, -0.2) is 51.8 Å². The lowest BCUT2D eigenvalue weighted by Gasteiger charge is -2.23. The molecule has 4 rings (SSSR count). The molecule has 0 aliphatic carbocycles. The number of imidazole rings is 1. The van der Waals surface area contributed by atoms with E-state index in [4.69, 9.17) is 27.9 Å². The van der Waals surface area contributed by atoms with Crippen molar-refractivity contribution in [1.82, 2.24) is 20.2 Å². The zero-order valence-corrected chi connectivity index (χ0v) is 20.2. The summed E-state index contributed by atoms with van der Waals surface area (Å²) in [7, 11) is 0. The first-order chi connectivity index (χ1) is 16.3. The summed E-state index contributed by atoms with van der Waals surface area (Å²) in [6.45, 7) is 4.23. The molecule has 178 valence electrons. The average molecular weight is 503 g/mol. The van der Waals surface area contributed by atoms with E-state index in [1.807, 2.05) is 6.07 Å². The van der Waals surface area contributed by atoms with E-state index in [-0.39, 0.29) is 29.0 Å². The van der Waals surface area contributed by atoms with Gasteiger partial charge < -0.3 is 19.9 Å². The number of rotatable bonds is 6. The number of hydrogen-bond acceptors (Lipinski definition) is 5. The van der Waals surface area contributed by atoms with Crippen molar-refractivity contribution < 1.29 is 19.1 Å². The van der Waals surface area contributed by atoms with Gasteiger partial charge in [0.15, 0.2) is 0 Å². The number of aromatic nitrogens is 2. The first-order valence-electron chi connectivity index (χ1n) is 11.0. The van der Waals surface area contributed by atoms with Crippen LogP contribution in [0.5, 0.6) is 0 Å². The lowest BCUT2D eigenvalue weighted by atomic mass is 10.1. The van der Waals surface area contributed by atoms with Crippen LogP contribution in [0.2, 0.25) is 10.0 Å². The maximum absolute atomic E-state index is 13.1. The molecule has 1 saturated heterocycles. The van der Waals surface area contributed by atoms with E-state index in [2.05, 4.69) is 15.3 Å². The third kappa shape index (κ3) is 4.88. The number of amides is 2. The second-order valence-corrected chi connectivity index (χ2v) is 8.93. The number of carbonyl (C=O) groups is 3. The summed E-state index contributed by atoms with van der Waals surface area (Å²) in [5, 5.41) is 3.59. The quantitative estimate of drug-likeness (QED) is 0.481. The minimum Gasteiger partial charge on any atom is -0.464 e. The van der Waals surface area contributed by atoms with Crippen molar-refractivity contribution in [2.24, 2.45) is 0 Å². The number of aromatic amines is 1. The van der Waals surface area contributed by atoms with Crippen molar-refractivity contribution in [3.8, 4) is 0 Å². The topological polar surface area (TPSA) is 104 Å². The lowest BCUT2D eigenvalue weighted by molar-refractivity contribution is -0.147. The Bertz CT molecular complexity index is 1260. The van der Waals surface area contributed by atoms with Crippen molar-refractivity contribution in [2.75, 3.05) is 13.2 Å². The Morgan fingerprint density at radius 2 is 2.03 bits per heavy atom. The van der Waals surface area contributed by atoms with Crippen LogP contribution in [0.1, 0.15) is 59.3 Å². The minimum absolute atomic E-state index is 0.137. The Labute approximate surface area is 206 Å². The summed E-state index contributed by atoms with van der Waals surface area (Å²) in [4.78, 5) is 47.2. The first kappa shape index (κ1) is 24.0. The Kier molecular flexibility index (Phi) is 7.09. The van der Waals surface area contributed by atoms with Gasteiger partial charge >= 0.3 is 5.97 Å². The van der Waals surface area contributed by atoms with Gasteiger partial charge in [-0.1, -0.05) is 23.2 Å². The highest BCUT2D eigenvalue weighted by atomic mass is 35.5. The summed E-state index contributed by atoms with van der Waals surface area (Å²) >= 11 is 12.4. The number of benzene rings is 2. The van der Waals surface area contributed by atoms with E-state index in [1.165, 1.54) is 23.1 Å². The molecular formula is C24H24Cl2N4O4. The molecule has 0 spiro atoms. The minimum atomic E-state index is -0.619. The van der Waals surface area contributed by atoms with Crippen molar-refractivity contribution in [1.29, 1.82) is 0 Å². The highest BCUT2D eigenvalue weighted by molar-refractivity contribution is 6.34. The Hall–Kier alpha value is -3.10. The molecule has 3 aromatic rings. The molecule has 2 N–H and O–H groups in total. The van der Waals surface area contributed by atoms with Crippen LogP contribution in [-0.2, 0) is 9.53 Å².